The highest BCUT2D eigenvalue weighted by Crippen LogP contribution is 2.36. The standard InChI is InChI=1S/C24H28FN5O/c1-24(2)10-16(15-30(24)23(31)19-5-3-4-6-20(19)25)14-29-8-7-17-9-21(18(11-26)12-27)28-13-22(17)29/h3,5,7-9,11-13,16,26H,4,6,10,14-15,27H2,1-2H3/b18-12+,26-11?. The van der Waals surface area contributed by atoms with E-state index in [0.717, 1.165) is 23.9 Å². The Labute approximate surface area is 181 Å². The lowest BCUT2D eigenvalue weighted by Gasteiger charge is -2.32. The molecule has 162 valence electrons. The van der Waals surface area contributed by atoms with Crippen molar-refractivity contribution >= 4 is 28.6 Å². The fourth-order valence-corrected chi connectivity index (χ4v) is 4.73. The van der Waals surface area contributed by atoms with Gasteiger partial charge in [-0.3, -0.25) is 9.78 Å². The Hall–Kier alpha value is -3.22. The van der Waals surface area contributed by atoms with Gasteiger partial charge in [0.05, 0.1) is 23.0 Å². The van der Waals surface area contributed by atoms with Crippen LogP contribution in [-0.2, 0) is 11.3 Å². The molecule has 1 fully saturated rings. The summed E-state index contributed by atoms with van der Waals surface area (Å²) in [5.74, 6) is -0.259. The van der Waals surface area contributed by atoms with Gasteiger partial charge in [0.1, 0.15) is 5.83 Å². The summed E-state index contributed by atoms with van der Waals surface area (Å²) in [6, 6.07) is 3.95. The predicted molar refractivity (Wildman–Crippen MR) is 121 cm³/mol. The van der Waals surface area contributed by atoms with Crippen LogP contribution in [0.25, 0.3) is 16.5 Å². The fourth-order valence-electron chi connectivity index (χ4n) is 4.73. The number of fused-ring (bicyclic) bond motifs is 1. The number of rotatable bonds is 5. The van der Waals surface area contributed by atoms with Crippen LogP contribution >= 0.6 is 0 Å². The van der Waals surface area contributed by atoms with E-state index in [2.05, 4.69) is 23.4 Å². The zero-order chi connectivity index (χ0) is 22.2. The molecule has 31 heavy (non-hydrogen) atoms. The minimum atomic E-state index is -0.334. The number of halogens is 1. The molecule has 0 spiro atoms. The van der Waals surface area contributed by atoms with Gasteiger partial charge in [0.15, 0.2) is 0 Å². The molecular weight excluding hydrogens is 393 g/mol. The van der Waals surface area contributed by atoms with Crippen LogP contribution in [0.1, 0.15) is 38.8 Å². The van der Waals surface area contributed by atoms with Gasteiger partial charge in [0.2, 0.25) is 0 Å². The van der Waals surface area contributed by atoms with Crippen molar-refractivity contribution in [3.63, 3.8) is 0 Å². The number of hydrogen-bond acceptors (Lipinski definition) is 4. The maximum atomic E-state index is 14.3. The minimum absolute atomic E-state index is 0.207. The molecule has 2 aliphatic rings. The number of hydrogen-bond donors (Lipinski definition) is 2. The van der Waals surface area contributed by atoms with Crippen molar-refractivity contribution < 1.29 is 9.18 Å². The van der Waals surface area contributed by atoms with Crippen LogP contribution in [-0.4, -0.2) is 38.7 Å². The Morgan fingerprint density at radius 1 is 1.45 bits per heavy atom. The highest BCUT2D eigenvalue weighted by Gasteiger charge is 2.42. The molecule has 2 aromatic rings. The van der Waals surface area contributed by atoms with Crippen LogP contribution in [0, 0.1) is 11.3 Å². The molecule has 0 bridgehead atoms. The maximum absolute atomic E-state index is 14.3. The zero-order valence-corrected chi connectivity index (χ0v) is 17.9. The second kappa shape index (κ2) is 8.13. The quantitative estimate of drug-likeness (QED) is 0.710. The van der Waals surface area contributed by atoms with Gasteiger partial charge in [0.25, 0.3) is 5.91 Å². The Kier molecular flexibility index (Phi) is 5.52. The lowest BCUT2D eigenvalue weighted by atomic mass is 9.95. The van der Waals surface area contributed by atoms with E-state index in [1.165, 1.54) is 12.4 Å². The summed E-state index contributed by atoms with van der Waals surface area (Å²) in [6.07, 6.45) is 11.7. The van der Waals surface area contributed by atoms with E-state index in [-0.39, 0.29) is 28.8 Å². The average molecular weight is 422 g/mol. The summed E-state index contributed by atoms with van der Waals surface area (Å²) in [4.78, 5) is 19.4. The number of nitrogens with two attached hydrogens (primary N) is 1. The van der Waals surface area contributed by atoms with Crippen molar-refractivity contribution in [3.05, 3.63) is 60.0 Å². The van der Waals surface area contributed by atoms with Gasteiger partial charge in [-0.05, 0) is 44.7 Å². The van der Waals surface area contributed by atoms with Gasteiger partial charge in [0, 0.05) is 54.6 Å². The largest absolute Gasteiger partial charge is 0.404 e. The van der Waals surface area contributed by atoms with E-state index in [0.29, 0.717) is 30.7 Å². The first-order chi connectivity index (χ1) is 14.8. The fraction of sp³-hybridized carbons (Fsp3) is 0.375. The molecule has 0 saturated carbocycles. The number of allylic oxidation sites excluding steroid dienone is 3. The van der Waals surface area contributed by atoms with Crippen molar-refractivity contribution in [1.82, 2.24) is 14.5 Å². The molecule has 1 unspecified atom stereocenters. The molecule has 6 nitrogen and oxygen atoms in total. The molecule has 3 heterocycles. The lowest BCUT2D eigenvalue weighted by Crippen LogP contribution is -2.43. The molecule has 1 saturated heterocycles. The lowest BCUT2D eigenvalue weighted by molar-refractivity contribution is -0.130. The predicted octanol–water partition coefficient (Wildman–Crippen LogP) is 4.19. The Bertz CT molecular complexity index is 1120. The number of carbonyl (C=O) groups is 1. The van der Waals surface area contributed by atoms with Crippen LogP contribution in [0.4, 0.5) is 4.39 Å². The number of amides is 1. The number of likely N-dealkylation sites (tertiary alicyclic amines) is 1. The summed E-state index contributed by atoms with van der Waals surface area (Å²) in [7, 11) is 0. The first-order valence-electron chi connectivity index (χ1n) is 10.6. The Morgan fingerprint density at radius 2 is 2.26 bits per heavy atom. The SMILES string of the molecule is CC1(C)CC(Cn2ccc3cc(/C(C=N)=C/N)ncc32)CN1C(=O)C1=C(F)CCC=C1. The third kappa shape index (κ3) is 3.92. The molecule has 2 aromatic heterocycles. The third-order valence-electron chi connectivity index (χ3n) is 6.29. The Balaban J connectivity index is 1.54. The van der Waals surface area contributed by atoms with E-state index in [9.17, 15) is 9.18 Å². The Morgan fingerprint density at radius 3 is 2.97 bits per heavy atom. The van der Waals surface area contributed by atoms with E-state index in [4.69, 9.17) is 11.1 Å². The van der Waals surface area contributed by atoms with Crippen LogP contribution in [0.3, 0.4) is 0 Å². The van der Waals surface area contributed by atoms with E-state index < -0.39 is 0 Å². The van der Waals surface area contributed by atoms with Gasteiger partial charge in [-0.1, -0.05) is 12.2 Å². The molecule has 0 aromatic carbocycles. The average Bonchev–Trinajstić information content (AvgIpc) is 3.28. The first kappa shape index (κ1) is 21.0. The molecule has 3 N–H and O–H groups in total. The van der Waals surface area contributed by atoms with Crippen LogP contribution in [0.15, 0.2) is 54.3 Å². The van der Waals surface area contributed by atoms with Gasteiger partial charge >= 0.3 is 0 Å². The molecule has 1 atom stereocenters. The van der Waals surface area contributed by atoms with Crippen molar-refractivity contribution in [3.8, 4) is 0 Å². The summed E-state index contributed by atoms with van der Waals surface area (Å²) in [6.45, 7) is 5.44. The smallest absolute Gasteiger partial charge is 0.256 e. The van der Waals surface area contributed by atoms with Gasteiger partial charge in [-0.15, -0.1) is 0 Å². The second-order valence-corrected chi connectivity index (χ2v) is 8.92. The van der Waals surface area contributed by atoms with Crippen molar-refractivity contribution in [2.75, 3.05) is 6.54 Å². The number of aromatic nitrogens is 2. The number of nitrogens with zero attached hydrogens (tertiary/aromatic N) is 3. The van der Waals surface area contributed by atoms with Gasteiger partial charge < -0.3 is 20.6 Å². The monoisotopic (exact) mass is 421 g/mol. The van der Waals surface area contributed by atoms with E-state index >= 15 is 0 Å². The van der Waals surface area contributed by atoms with Crippen molar-refractivity contribution in [2.24, 2.45) is 11.7 Å². The van der Waals surface area contributed by atoms with E-state index in [1.54, 1.807) is 12.3 Å². The zero-order valence-electron chi connectivity index (χ0n) is 17.9. The topological polar surface area (TPSA) is 88.0 Å². The number of nitrogens with one attached hydrogen (secondary N) is 1. The molecule has 1 aliphatic heterocycles. The molecule has 7 heteroatoms. The summed E-state index contributed by atoms with van der Waals surface area (Å²) in [5.41, 5.74) is 7.68. The third-order valence-corrected chi connectivity index (χ3v) is 6.29. The summed E-state index contributed by atoms with van der Waals surface area (Å²) < 4.78 is 16.4. The van der Waals surface area contributed by atoms with Crippen LogP contribution in [0.5, 0.6) is 0 Å². The molecule has 0 radical (unpaired) electrons. The van der Waals surface area contributed by atoms with Crippen LogP contribution in [0.2, 0.25) is 0 Å². The van der Waals surface area contributed by atoms with E-state index in [1.807, 2.05) is 29.3 Å². The first-order valence-corrected chi connectivity index (χ1v) is 10.6. The second-order valence-electron chi connectivity index (χ2n) is 8.92. The number of carbonyl (C=O) groups excluding carboxylic acids is 1. The number of pyridine rings is 1. The molecular formula is C24H28FN5O. The minimum Gasteiger partial charge on any atom is -0.404 e. The maximum Gasteiger partial charge on any atom is 0.256 e. The van der Waals surface area contributed by atoms with Crippen molar-refractivity contribution in [1.29, 1.82) is 5.41 Å². The van der Waals surface area contributed by atoms with Crippen molar-refractivity contribution in [2.45, 2.75) is 45.2 Å². The summed E-state index contributed by atoms with van der Waals surface area (Å²) in [5, 5.41) is 8.48. The van der Waals surface area contributed by atoms with Gasteiger partial charge in [-0.25, -0.2) is 4.39 Å². The molecule has 1 amide bonds. The normalized spacial score (nSPS) is 21.2. The van der Waals surface area contributed by atoms with Crippen LogP contribution < -0.4 is 5.73 Å². The molecule has 4 rings (SSSR count). The van der Waals surface area contributed by atoms with Gasteiger partial charge in [-0.2, -0.15) is 0 Å². The molecule has 1 aliphatic carbocycles. The highest BCUT2D eigenvalue weighted by molar-refractivity contribution is 6.08. The highest BCUT2D eigenvalue weighted by atomic mass is 19.1. The summed E-state index contributed by atoms with van der Waals surface area (Å²) >= 11 is 0.